The molecule has 1 unspecified atom stereocenters. The van der Waals surface area contributed by atoms with Crippen LogP contribution >= 0.6 is 0 Å². The summed E-state index contributed by atoms with van der Waals surface area (Å²) >= 11 is 0. The lowest BCUT2D eigenvalue weighted by molar-refractivity contribution is 0.306. The molecule has 0 amide bonds. The van der Waals surface area contributed by atoms with Crippen LogP contribution in [0.3, 0.4) is 0 Å². The van der Waals surface area contributed by atoms with E-state index in [1.165, 1.54) is 0 Å². The van der Waals surface area contributed by atoms with Crippen LogP contribution in [0.4, 0.5) is 0 Å². The maximum atomic E-state index is 11.4. The third-order valence-electron chi connectivity index (χ3n) is 3.42. The van der Waals surface area contributed by atoms with Crippen LogP contribution in [-0.4, -0.2) is 40.2 Å². The lowest BCUT2D eigenvalue weighted by Crippen LogP contribution is -2.17. The molecule has 1 aliphatic heterocycles. The molecular formula is C14H21NO4S. The second-order valence-corrected chi connectivity index (χ2v) is 7.26. The molecule has 0 aromatic heterocycles. The Morgan fingerprint density at radius 2 is 2.25 bits per heavy atom. The SMILES string of the molecule is CCS(=O)(=O)CCCOc1ccc2c(c1)OCC2NC. The van der Waals surface area contributed by atoms with Crippen LogP contribution in [0.2, 0.25) is 0 Å². The van der Waals surface area contributed by atoms with Crippen molar-refractivity contribution in [3.63, 3.8) is 0 Å². The Morgan fingerprint density at radius 3 is 2.95 bits per heavy atom. The third kappa shape index (κ3) is 3.64. The molecule has 1 atom stereocenters. The number of benzene rings is 1. The fourth-order valence-corrected chi connectivity index (χ4v) is 2.98. The smallest absolute Gasteiger partial charge is 0.150 e. The average Bonchev–Trinajstić information content (AvgIpc) is 2.86. The zero-order valence-electron chi connectivity index (χ0n) is 11.9. The number of sulfone groups is 1. The van der Waals surface area contributed by atoms with Gasteiger partial charge in [0.25, 0.3) is 0 Å². The van der Waals surface area contributed by atoms with Crippen molar-refractivity contribution in [2.75, 3.05) is 31.8 Å². The molecule has 0 aliphatic carbocycles. The molecular weight excluding hydrogens is 278 g/mol. The Kier molecular flexibility index (Phi) is 4.88. The number of fused-ring (bicyclic) bond motifs is 1. The summed E-state index contributed by atoms with van der Waals surface area (Å²) < 4.78 is 33.9. The predicted octanol–water partition coefficient (Wildman–Crippen LogP) is 1.54. The van der Waals surface area contributed by atoms with E-state index in [-0.39, 0.29) is 17.5 Å². The first-order chi connectivity index (χ1) is 9.55. The molecule has 1 heterocycles. The molecule has 20 heavy (non-hydrogen) atoms. The van der Waals surface area contributed by atoms with Gasteiger partial charge in [-0.25, -0.2) is 8.42 Å². The molecule has 1 N–H and O–H groups in total. The van der Waals surface area contributed by atoms with E-state index < -0.39 is 9.84 Å². The second-order valence-electron chi connectivity index (χ2n) is 4.79. The summed E-state index contributed by atoms with van der Waals surface area (Å²) in [5.74, 6) is 1.91. The number of likely N-dealkylation sites (N-methyl/N-ethyl adjacent to an activating group) is 1. The molecule has 6 heteroatoms. The average molecular weight is 299 g/mol. The molecule has 1 aliphatic rings. The van der Waals surface area contributed by atoms with Gasteiger partial charge in [0.15, 0.2) is 0 Å². The topological polar surface area (TPSA) is 64.6 Å². The van der Waals surface area contributed by atoms with Crippen molar-refractivity contribution in [3.05, 3.63) is 23.8 Å². The van der Waals surface area contributed by atoms with Crippen LogP contribution in [0.1, 0.15) is 24.9 Å². The molecule has 112 valence electrons. The van der Waals surface area contributed by atoms with Crippen LogP contribution in [0.15, 0.2) is 18.2 Å². The maximum absolute atomic E-state index is 11.4. The highest BCUT2D eigenvalue weighted by atomic mass is 32.2. The standard InChI is InChI=1S/C14H21NO4S/c1-3-20(16,17)8-4-7-18-11-5-6-12-13(15-2)10-19-14(12)9-11/h5-6,9,13,15H,3-4,7-8,10H2,1-2H3. The Morgan fingerprint density at radius 1 is 1.45 bits per heavy atom. The van der Waals surface area contributed by atoms with Gasteiger partial charge in [0.05, 0.1) is 18.4 Å². The predicted molar refractivity (Wildman–Crippen MR) is 78.2 cm³/mol. The highest BCUT2D eigenvalue weighted by molar-refractivity contribution is 7.91. The van der Waals surface area contributed by atoms with Gasteiger partial charge in [-0.1, -0.05) is 6.92 Å². The van der Waals surface area contributed by atoms with Crippen molar-refractivity contribution in [3.8, 4) is 11.5 Å². The lowest BCUT2D eigenvalue weighted by atomic mass is 10.1. The third-order valence-corrected chi connectivity index (χ3v) is 5.21. The summed E-state index contributed by atoms with van der Waals surface area (Å²) in [7, 11) is -1.00. The van der Waals surface area contributed by atoms with E-state index >= 15 is 0 Å². The van der Waals surface area contributed by atoms with Crippen molar-refractivity contribution in [2.45, 2.75) is 19.4 Å². The number of rotatable bonds is 7. The van der Waals surface area contributed by atoms with Gasteiger partial charge in [0.1, 0.15) is 27.9 Å². The van der Waals surface area contributed by atoms with E-state index in [1.54, 1.807) is 6.92 Å². The molecule has 5 nitrogen and oxygen atoms in total. The van der Waals surface area contributed by atoms with Gasteiger partial charge in [-0.3, -0.25) is 0 Å². The van der Waals surface area contributed by atoms with Gasteiger partial charge in [-0.2, -0.15) is 0 Å². The fourth-order valence-electron chi connectivity index (χ4n) is 2.13. The zero-order valence-corrected chi connectivity index (χ0v) is 12.7. The molecule has 0 radical (unpaired) electrons. The first-order valence-corrected chi connectivity index (χ1v) is 8.65. The van der Waals surface area contributed by atoms with Crippen LogP contribution < -0.4 is 14.8 Å². The highest BCUT2D eigenvalue weighted by Crippen LogP contribution is 2.34. The summed E-state index contributed by atoms with van der Waals surface area (Å²) in [5, 5.41) is 3.18. The van der Waals surface area contributed by atoms with Crippen molar-refractivity contribution in [1.82, 2.24) is 5.32 Å². The number of hydrogen-bond acceptors (Lipinski definition) is 5. The summed E-state index contributed by atoms with van der Waals surface area (Å²) in [5.41, 5.74) is 1.13. The fraction of sp³-hybridized carbons (Fsp3) is 0.571. The zero-order chi connectivity index (χ0) is 14.6. The normalized spacial score (nSPS) is 17.6. The number of nitrogens with one attached hydrogen (secondary N) is 1. The molecule has 0 spiro atoms. The summed E-state index contributed by atoms with van der Waals surface area (Å²) in [6.07, 6.45) is 0.507. The van der Waals surface area contributed by atoms with E-state index in [0.29, 0.717) is 19.6 Å². The lowest BCUT2D eigenvalue weighted by Gasteiger charge is -2.09. The minimum absolute atomic E-state index is 0.173. The van der Waals surface area contributed by atoms with Crippen molar-refractivity contribution >= 4 is 9.84 Å². The first-order valence-electron chi connectivity index (χ1n) is 6.83. The van der Waals surface area contributed by atoms with Gasteiger partial charge in [-0.15, -0.1) is 0 Å². The molecule has 1 aromatic carbocycles. The van der Waals surface area contributed by atoms with Gasteiger partial charge in [0, 0.05) is 17.4 Å². The van der Waals surface area contributed by atoms with E-state index in [4.69, 9.17) is 9.47 Å². The molecule has 0 saturated carbocycles. The molecule has 2 rings (SSSR count). The summed E-state index contributed by atoms with van der Waals surface area (Å²) in [6.45, 7) is 2.68. The monoisotopic (exact) mass is 299 g/mol. The second kappa shape index (κ2) is 6.45. The molecule has 0 saturated heterocycles. The Labute approximate surface area is 120 Å². The van der Waals surface area contributed by atoms with Crippen LogP contribution in [0, 0.1) is 0 Å². The van der Waals surface area contributed by atoms with Crippen molar-refractivity contribution < 1.29 is 17.9 Å². The van der Waals surface area contributed by atoms with E-state index in [0.717, 1.165) is 17.1 Å². The molecule has 0 bridgehead atoms. The Bertz CT molecular complexity index is 556. The number of ether oxygens (including phenoxy) is 2. The van der Waals surface area contributed by atoms with Gasteiger partial charge >= 0.3 is 0 Å². The Hall–Kier alpha value is -1.27. The Balaban J connectivity index is 1.86. The summed E-state index contributed by atoms with van der Waals surface area (Å²) in [4.78, 5) is 0. The van der Waals surface area contributed by atoms with E-state index in [2.05, 4.69) is 5.32 Å². The number of hydrogen-bond donors (Lipinski definition) is 1. The van der Waals surface area contributed by atoms with Crippen molar-refractivity contribution in [2.24, 2.45) is 0 Å². The van der Waals surface area contributed by atoms with E-state index in [9.17, 15) is 8.42 Å². The van der Waals surface area contributed by atoms with Crippen molar-refractivity contribution in [1.29, 1.82) is 0 Å². The minimum atomic E-state index is -2.91. The van der Waals surface area contributed by atoms with Crippen LogP contribution in [-0.2, 0) is 9.84 Å². The van der Waals surface area contributed by atoms with Gasteiger partial charge in [-0.05, 0) is 25.6 Å². The molecule has 1 aromatic rings. The molecule has 0 fully saturated rings. The van der Waals surface area contributed by atoms with Gasteiger partial charge in [0.2, 0.25) is 0 Å². The maximum Gasteiger partial charge on any atom is 0.150 e. The minimum Gasteiger partial charge on any atom is -0.493 e. The van der Waals surface area contributed by atoms with Crippen LogP contribution in [0.5, 0.6) is 11.5 Å². The summed E-state index contributed by atoms with van der Waals surface area (Å²) in [6, 6.07) is 5.98. The first kappa shape index (κ1) is 15.1. The van der Waals surface area contributed by atoms with Gasteiger partial charge < -0.3 is 14.8 Å². The highest BCUT2D eigenvalue weighted by Gasteiger charge is 2.22. The van der Waals surface area contributed by atoms with E-state index in [1.807, 2.05) is 25.2 Å². The van der Waals surface area contributed by atoms with Crippen LogP contribution in [0.25, 0.3) is 0 Å². The quantitative estimate of drug-likeness (QED) is 0.774. The largest absolute Gasteiger partial charge is 0.493 e.